The van der Waals surface area contributed by atoms with Gasteiger partial charge in [-0.15, -0.1) is 0 Å². The summed E-state index contributed by atoms with van der Waals surface area (Å²) in [6, 6.07) is 6.55. The van der Waals surface area contributed by atoms with Gasteiger partial charge in [-0.3, -0.25) is 9.88 Å². The smallest absolute Gasteiger partial charge is 0.423 e. The fourth-order valence-corrected chi connectivity index (χ4v) is 2.28. The Kier molecular flexibility index (Phi) is 8.50. The summed E-state index contributed by atoms with van der Waals surface area (Å²) in [6.45, 7) is 0.973. The van der Waals surface area contributed by atoms with Crippen LogP contribution in [0.3, 0.4) is 0 Å². The molecule has 21 heavy (non-hydrogen) atoms. The molecular weight excluding hydrogens is 288 g/mol. The summed E-state index contributed by atoms with van der Waals surface area (Å²) >= 11 is 0. The number of carbonyl (C=O) groups is 1. The molecule has 8 heteroatoms. The Bertz CT molecular complexity index is 448. The van der Waals surface area contributed by atoms with Crippen molar-refractivity contribution in [3.63, 3.8) is 0 Å². The third kappa shape index (κ3) is 6.55. The molecule has 0 radical (unpaired) electrons. The molecule has 0 aromatic heterocycles. The van der Waals surface area contributed by atoms with Crippen LogP contribution in [-0.2, 0) is 11.3 Å². The van der Waals surface area contributed by atoms with Crippen LogP contribution < -0.4 is 21.6 Å². The number of nitrogens with one attached hydrogen (secondary N) is 2. The molecule has 6 N–H and O–H groups in total. The predicted octanol–water partition coefficient (Wildman–Crippen LogP) is -1.14. The van der Waals surface area contributed by atoms with Crippen LogP contribution in [0.25, 0.3) is 0 Å². The second-order valence-electron chi connectivity index (χ2n) is 4.84. The minimum absolute atomic E-state index is 0.0861. The second-order valence-corrected chi connectivity index (χ2v) is 5.17. The van der Waals surface area contributed by atoms with Crippen LogP contribution in [0.15, 0.2) is 24.3 Å². The molecule has 0 aliphatic rings. The maximum atomic E-state index is 12.0. The lowest BCUT2D eigenvalue weighted by Gasteiger charge is -2.16. The topological polar surface area (TPSA) is 108 Å². The average Bonchev–Trinajstić information content (AvgIpc) is 2.49. The average molecular weight is 311 g/mol. The minimum atomic E-state index is -1.50. The molecule has 0 saturated heterocycles. The monoisotopic (exact) mass is 311 g/mol. The zero-order valence-corrected chi connectivity index (χ0v) is 13.1. The number of amides is 1. The molecule has 6 nitrogen and oxygen atoms in total. The molecule has 1 aromatic carbocycles. The number of carbonyl (C=O) groups excluding carboxylic acids is 1. The zero-order valence-electron chi connectivity index (χ0n) is 12.0. The predicted molar refractivity (Wildman–Crippen MR) is 87.7 cm³/mol. The van der Waals surface area contributed by atoms with Gasteiger partial charge in [0.2, 0.25) is 5.91 Å². The first-order chi connectivity index (χ1) is 10.1. The van der Waals surface area contributed by atoms with E-state index in [-0.39, 0.29) is 11.9 Å². The number of hydrogen-bond donors (Lipinski definition) is 5. The van der Waals surface area contributed by atoms with Gasteiger partial charge in [-0.1, -0.05) is 40.1 Å². The van der Waals surface area contributed by atoms with Crippen LogP contribution in [0.4, 0.5) is 0 Å². The fraction of sp³-hybridized carbons (Fsp3) is 0.462. The lowest BCUT2D eigenvalue weighted by Crippen LogP contribution is -2.40. The standard InChI is InChI=1S/C13H23BN3O3P/c15-7-2-1-6-12(17-21)13(18)16-9-10-4-3-5-11(8-10)14(19)20/h3-5,8,12,17,19-20H,1-2,6-7,9,15,21H2,(H,16,18)/t12-/m0/s1. The summed E-state index contributed by atoms with van der Waals surface area (Å²) in [5.74, 6) is -0.0861. The molecule has 1 unspecified atom stereocenters. The Morgan fingerprint density at radius 2 is 2.14 bits per heavy atom. The first kappa shape index (κ1) is 18.1. The van der Waals surface area contributed by atoms with E-state index in [1.165, 1.54) is 0 Å². The molecule has 1 aromatic rings. The van der Waals surface area contributed by atoms with Crippen LogP contribution >= 0.6 is 9.39 Å². The molecule has 0 fully saturated rings. The molecule has 0 bridgehead atoms. The highest BCUT2D eigenvalue weighted by atomic mass is 31.0. The van der Waals surface area contributed by atoms with E-state index in [0.29, 0.717) is 18.6 Å². The van der Waals surface area contributed by atoms with Crippen molar-refractivity contribution in [3.05, 3.63) is 29.8 Å². The van der Waals surface area contributed by atoms with Gasteiger partial charge in [-0.05, 0) is 30.4 Å². The zero-order chi connectivity index (χ0) is 15.7. The van der Waals surface area contributed by atoms with Crippen molar-refractivity contribution in [1.82, 2.24) is 10.4 Å². The van der Waals surface area contributed by atoms with Crippen LogP contribution in [0.1, 0.15) is 24.8 Å². The maximum Gasteiger partial charge on any atom is 0.488 e. The highest BCUT2D eigenvalue weighted by molar-refractivity contribution is 7.13. The third-order valence-corrected chi connectivity index (χ3v) is 3.58. The van der Waals surface area contributed by atoms with E-state index in [4.69, 9.17) is 15.8 Å². The van der Waals surface area contributed by atoms with Gasteiger partial charge in [-0.2, -0.15) is 0 Å². The van der Waals surface area contributed by atoms with Crippen molar-refractivity contribution in [1.29, 1.82) is 0 Å². The normalized spacial score (nSPS) is 12.0. The van der Waals surface area contributed by atoms with E-state index in [0.717, 1.165) is 24.8 Å². The van der Waals surface area contributed by atoms with Crippen molar-refractivity contribution in [3.8, 4) is 0 Å². The number of hydrogen-bond acceptors (Lipinski definition) is 5. The van der Waals surface area contributed by atoms with Crippen molar-refractivity contribution in [2.24, 2.45) is 5.73 Å². The Morgan fingerprint density at radius 3 is 2.76 bits per heavy atom. The largest absolute Gasteiger partial charge is 0.488 e. The molecule has 0 aliphatic carbocycles. The van der Waals surface area contributed by atoms with Gasteiger partial charge >= 0.3 is 7.12 Å². The molecule has 1 rings (SSSR count). The Hall–Kier alpha value is -0.975. The van der Waals surface area contributed by atoms with Crippen molar-refractivity contribution >= 4 is 27.9 Å². The molecule has 116 valence electrons. The molecule has 1 amide bonds. The highest BCUT2D eigenvalue weighted by Gasteiger charge is 2.16. The molecule has 0 aliphatic heterocycles. The van der Waals surface area contributed by atoms with E-state index >= 15 is 0 Å². The van der Waals surface area contributed by atoms with Crippen LogP contribution in [-0.4, -0.2) is 35.7 Å². The summed E-state index contributed by atoms with van der Waals surface area (Å²) < 4.78 is 0. The Labute approximate surface area is 127 Å². The van der Waals surface area contributed by atoms with Gasteiger partial charge in [0.15, 0.2) is 0 Å². The molecule has 0 heterocycles. The van der Waals surface area contributed by atoms with Crippen LogP contribution in [0.5, 0.6) is 0 Å². The molecular formula is C13H23BN3O3P. The van der Waals surface area contributed by atoms with E-state index < -0.39 is 7.12 Å². The van der Waals surface area contributed by atoms with Gasteiger partial charge in [0.1, 0.15) is 0 Å². The maximum absolute atomic E-state index is 12.0. The summed E-state index contributed by atoms with van der Waals surface area (Å²) in [4.78, 5) is 12.0. The molecule has 0 saturated carbocycles. The summed E-state index contributed by atoms with van der Waals surface area (Å²) in [5, 5.41) is 24.0. The van der Waals surface area contributed by atoms with Gasteiger partial charge in [0.05, 0.1) is 6.04 Å². The highest BCUT2D eigenvalue weighted by Crippen LogP contribution is 2.03. The van der Waals surface area contributed by atoms with Crippen molar-refractivity contribution in [2.75, 3.05) is 6.54 Å². The van der Waals surface area contributed by atoms with Gasteiger partial charge in [-0.25, -0.2) is 0 Å². The van der Waals surface area contributed by atoms with Crippen molar-refractivity contribution in [2.45, 2.75) is 31.8 Å². The van der Waals surface area contributed by atoms with E-state index in [1.807, 2.05) is 6.07 Å². The third-order valence-electron chi connectivity index (χ3n) is 3.18. The Morgan fingerprint density at radius 1 is 1.38 bits per heavy atom. The quantitative estimate of drug-likeness (QED) is 0.225. The second kappa shape index (κ2) is 9.87. The summed E-state index contributed by atoms with van der Waals surface area (Å²) in [5.41, 5.74) is 6.66. The van der Waals surface area contributed by atoms with E-state index in [9.17, 15) is 4.79 Å². The molecule has 2 atom stereocenters. The number of nitrogens with two attached hydrogens (primary N) is 1. The number of rotatable bonds is 9. The Balaban J connectivity index is 2.49. The molecule has 0 spiro atoms. The first-order valence-corrected chi connectivity index (χ1v) is 7.55. The van der Waals surface area contributed by atoms with Crippen LogP contribution in [0, 0.1) is 0 Å². The van der Waals surface area contributed by atoms with Crippen molar-refractivity contribution < 1.29 is 14.8 Å². The van der Waals surface area contributed by atoms with Gasteiger partial charge in [0, 0.05) is 6.54 Å². The SMILES string of the molecule is NCCCC[C@H](NP)C(=O)NCc1cccc(B(O)O)c1. The minimum Gasteiger partial charge on any atom is -0.423 e. The summed E-state index contributed by atoms with van der Waals surface area (Å²) in [6.07, 6.45) is 2.51. The number of benzene rings is 1. The lowest BCUT2D eigenvalue weighted by atomic mass is 9.79. The fourth-order valence-electron chi connectivity index (χ4n) is 1.96. The summed E-state index contributed by atoms with van der Waals surface area (Å²) in [7, 11) is 0.861. The van der Waals surface area contributed by atoms with E-state index in [1.54, 1.807) is 18.2 Å². The van der Waals surface area contributed by atoms with Gasteiger partial charge in [0.25, 0.3) is 0 Å². The number of unbranched alkanes of at least 4 members (excludes halogenated alkanes) is 1. The van der Waals surface area contributed by atoms with Gasteiger partial charge < -0.3 is 21.1 Å². The first-order valence-electron chi connectivity index (χ1n) is 6.97. The lowest BCUT2D eigenvalue weighted by molar-refractivity contribution is -0.123. The van der Waals surface area contributed by atoms with Crippen LogP contribution in [0.2, 0.25) is 0 Å². The van der Waals surface area contributed by atoms with E-state index in [2.05, 4.69) is 19.8 Å².